The minimum Gasteiger partial charge on any atom is -0.444 e. The summed E-state index contributed by atoms with van der Waals surface area (Å²) in [6.45, 7) is 22.9. The highest BCUT2D eigenvalue weighted by atomic mass is 16.7. The number of nitrogens with zero attached hydrogens (tertiary/aromatic N) is 2. The molecule has 5 saturated carbocycles. The Labute approximate surface area is 323 Å². The minimum absolute atomic E-state index is 0.0199. The van der Waals surface area contributed by atoms with Gasteiger partial charge in [0.2, 0.25) is 5.91 Å². The van der Waals surface area contributed by atoms with Gasteiger partial charge in [0.1, 0.15) is 11.7 Å². The first-order valence-electron chi connectivity index (χ1n) is 21.3. The first kappa shape index (κ1) is 39.3. The van der Waals surface area contributed by atoms with E-state index in [2.05, 4.69) is 34.6 Å². The third kappa shape index (κ3) is 5.54. The fraction of sp³-hybridized carbons (Fsp3) is 0.953. The molecule has 0 aromatic heterocycles. The van der Waals surface area contributed by atoms with Gasteiger partial charge in [-0.3, -0.25) is 4.79 Å². The average Bonchev–Trinajstić information content (AvgIpc) is 3.68. The van der Waals surface area contributed by atoms with Crippen LogP contribution in [0.4, 0.5) is 4.79 Å². The molecule has 11 heteroatoms. The summed E-state index contributed by atoms with van der Waals surface area (Å²) in [5, 5.41) is 34.2. The van der Waals surface area contributed by atoms with Crippen LogP contribution in [0.1, 0.15) is 121 Å². The Kier molecular flexibility index (Phi) is 9.11. The number of hydrogen-bond donors (Lipinski definition) is 3. The molecule has 2 amide bonds. The molecular formula is C43H70N2O9. The smallest absolute Gasteiger partial charge is 0.410 e. The Bertz CT molecular complexity index is 1500. The van der Waals surface area contributed by atoms with E-state index in [1.165, 1.54) is 12.8 Å². The first-order chi connectivity index (χ1) is 25.0. The highest BCUT2D eigenvalue weighted by Gasteiger charge is 2.84. The van der Waals surface area contributed by atoms with Crippen molar-refractivity contribution in [3.8, 4) is 0 Å². The van der Waals surface area contributed by atoms with Gasteiger partial charge in [-0.25, -0.2) is 4.79 Å². The molecule has 3 saturated heterocycles. The number of fused-ring (bicyclic) bond motifs is 4. The molecule has 3 heterocycles. The van der Waals surface area contributed by atoms with Crippen LogP contribution in [0.3, 0.4) is 0 Å². The molecule has 11 nitrogen and oxygen atoms in total. The molecule has 5 aliphatic carbocycles. The molecule has 3 N–H and O–H groups in total. The largest absolute Gasteiger partial charge is 0.444 e. The van der Waals surface area contributed by atoms with Gasteiger partial charge in [-0.05, 0) is 131 Å². The number of aliphatic hydroxyl groups is 3. The summed E-state index contributed by atoms with van der Waals surface area (Å²) in [5.74, 6) is 1.23. The molecule has 0 radical (unpaired) electrons. The SMILES string of the molecule is C[C@@H]1CC(C(O)C(C)(C)O)OC2C1C1(C)CCC34CC35CCC(OC3CN(C(=O)C6CN(C(=O)OC(C)(C)C)C6)CCO3)C(C)(C)[C@@H]5CCC4[C@]1(C)[C@H]2O. The van der Waals surface area contributed by atoms with E-state index in [0.29, 0.717) is 51.0 Å². The number of likely N-dealkylation sites (tertiary alicyclic amines) is 1. The molecule has 0 bridgehead atoms. The van der Waals surface area contributed by atoms with Crippen LogP contribution in [0, 0.1) is 56.7 Å². The number of morpholine rings is 1. The summed E-state index contributed by atoms with van der Waals surface area (Å²) in [7, 11) is 0. The van der Waals surface area contributed by atoms with E-state index in [0.717, 1.165) is 32.1 Å². The molecule has 8 fully saturated rings. The van der Waals surface area contributed by atoms with Crippen molar-refractivity contribution in [2.45, 2.75) is 169 Å². The van der Waals surface area contributed by atoms with Crippen LogP contribution in [-0.4, -0.2) is 118 Å². The summed E-state index contributed by atoms with van der Waals surface area (Å²) < 4.78 is 25.2. The van der Waals surface area contributed by atoms with Gasteiger partial charge < -0.3 is 44.1 Å². The lowest BCUT2D eigenvalue weighted by molar-refractivity contribution is -0.248. The number of ether oxygens (including phenoxy) is 4. The normalized spacial score (nSPS) is 47.6. The van der Waals surface area contributed by atoms with Crippen molar-refractivity contribution in [2.24, 2.45) is 56.7 Å². The summed E-state index contributed by atoms with van der Waals surface area (Å²) in [4.78, 5) is 29.4. The zero-order valence-electron chi connectivity index (χ0n) is 34.7. The Hall–Kier alpha value is -1.50. The van der Waals surface area contributed by atoms with E-state index in [9.17, 15) is 24.9 Å². The first-order valence-corrected chi connectivity index (χ1v) is 21.3. The van der Waals surface area contributed by atoms with E-state index in [-0.39, 0.29) is 69.0 Å². The molecule has 10 unspecified atom stereocenters. The van der Waals surface area contributed by atoms with Crippen molar-refractivity contribution < 1.29 is 43.9 Å². The molecule has 0 aromatic rings. The predicted octanol–water partition coefficient (Wildman–Crippen LogP) is 5.37. The maximum Gasteiger partial charge on any atom is 0.410 e. The van der Waals surface area contributed by atoms with Crippen LogP contribution in [-0.2, 0) is 23.7 Å². The second-order valence-electron chi connectivity index (χ2n) is 21.9. The Morgan fingerprint density at radius 3 is 2.24 bits per heavy atom. The van der Waals surface area contributed by atoms with Crippen LogP contribution in [0.15, 0.2) is 0 Å². The molecule has 54 heavy (non-hydrogen) atoms. The van der Waals surface area contributed by atoms with E-state index in [4.69, 9.17) is 18.9 Å². The standard InChI is InChI=1S/C43H70N2O9/c1-24-19-26(33(46)39(7,8)50)52-32-31(24)40(9)15-16-43-23-42(43)14-13-29(38(5,6)27(42)11-12-28(43)41(40,10)34(32)47)53-30-22-44(17-18-51-30)35(48)25-20-45(21-25)36(49)54-37(2,3)4/h24-34,46-47,50H,11-23H2,1-10H3/t24-,26?,27+,28?,29?,30?,31?,32?,33?,34+,40?,41-,42?,43?/m1/s1. The third-order valence-corrected chi connectivity index (χ3v) is 17.4. The summed E-state index contributed by atoms with van der Waals surface area (Å²) in [6.07, 6.45) is 5.15. The minimum atomic E-state index is -1.28. The fourth-order valence-corrected chi connectivity index (χ4v) is 14.7. The summed E-state index contributed by atoms with van der Waals surface area (Å²) in [6, 6.07) is 0. The Morgan fingerprint density at radius 1 is 0.907 bits per heavy atom. The highest BCUT2D eigenvalue weighted by Crippen LogP contribution is 2.89. The van der Waals surface area contributed by atoms with E-state index in [1.54, 1.807) is 18.7 Å². The molecule has 306 valence electrons. The predicted molar refractivity (Wildman–Crippen MR) is 201 cm³/mol. The Balaban J connectivity index is 0.935. The number of hydrogen-bond acceptors (Lipinski definition) is 9. The summed E-state index contributed by atoms with van der Waals surface area (Å²) >= 11 is 0. The van der Waals surface area contributed by atoms with Gasteiger partial charge in [-0.1, -0.05) is 34.6 Å². The van der Waals surface area contributed by atoms with Crippen molar-refractivity contribution in [1.82, 2.24) is 9.80 Å². The number of carbonyl (C=O) groups excluding carboxylic acids is 2. The second-order valence-corrected chi connectivity index (χ2v) is 21.9. The molecule has 8 aliphatic rings. The van der Waals surface area contributed by atoms with Crippen LogP contribution in [0.25, 0.3) is 0 Å². The van der Waals surface area contributed by atoms with Gasteiger partial charge in [0.05, 0.1) is 49.1 Å². The topological polar surface area (TPSA) is 138 Å². The quantitative estimate of drug-likeness (QED) is 0.338. The number of carbonyl (C=O) groups is 2. The average molecular weight is 759 g/mol. The number of aliphatic hydroxyl groups excluding tert-OH is 2. The van der Waals surface area contributed by atoms with E-state index >= 15 is 0 Å². The van der Waals surface area contributed by atoms with Crippen LogP contribution >= 0.6 is 0 Å². The molecule has 0 aromatic carbocycles. The van der Waals surface area contributed by atoms with Gasteiger partial charge >= 0.3 is 6.09 Å². The Morgan fingerprint density at radius 2 is 1.57 bits per heavy atom. The maximum absolute atomic E-state index is 13.5. The van der Waals surface area contributed by atoms with Crippen LogP contribution < -0.4 is 0 Å². The molecule has 14 atom stereocenters. The lowest BCUT2D eigenvalue weighted by atomic mass is 9.41. The molecule has 3 aliphatic heterocycles. The molecule has 8 rings (SSSR count). The fourth-order valence-electron chi connectivity index (χ4n) is 14.7. The lowest BCUT2D eigenvalue weighted by Gasteiger charge is -2.64. The second kappa shape index (κ2) is 12.5. The lowest BCUT2D eigenvalue weighted by Crippen LogP contribution is -2.61. The van der Waals surface area contributed by atoms with Gasteiger partial charge in [0.15, 0.2) is 6.29 Å². The highest BCUT2D eigenvalue weighted by molar-refractivity contribution is 5.82. The van der Waals surface area contributed by atoms with Gasteiger partial charge in [-0.15, -0.1) is 0 Å². The van der Waals surface area contributed by atoms with Crippen molar-refractivity contribution in [1.29, 1.82) is 0 Å². The van der Waals surface area contributed by atoms with Gasteiger partial charge in [0, 0.05) is 25.0 Å². The van der Waals surface area contributed by atoms with Crippen molar-refractivity contribution in [2.75, 3.05) is 32.8 Å². The van der Waals surface area contributed by atoms with Crippen LogP contribution in [0.2, 0.25) is 0 Å². The van der Waals surface area contributed by atoms with E-state index < -0.39 is 35.8 Å². The van der Waals surface area contributed by atoms with Crippen molar-refractivity contribution >= 4 is 12.0 Å². The van der Waals surface area contributed by atoms with Crippen molar-refractivity contribution in [3.63, 3.8) is 0 Å². The number of rotatable bonds is 5. The monoisotopic (exact) mass is 759 g/mol. The number of amides is 2. The summed E-state index contributed by atoms with van der Waals surface area (Å²) in [5.41, 5.74) is -1.84. The van der Waals surface area contributed by atoms with Crippen LogP contribution in [0.5, 0.6) is 0 Å². The zero-order valence-corrected chi connectivity index (χ0v) is 34.7. The van der Waals surface area contributed by atoms with Gasteiger partial charge in [0.25, 0.3) is 0 Å². The molecule has 2 spiro atoms. The zero-order chi connectivity index (χ0) is 39.2. The van der Waals surface area contributed by atoms with Crippen molar-refractivity contribution in [3.05, 3.63) is 0 Å². The van der Waals surface area contributed by atoms with E-state index in [1.807, 2.05) is 25.7 Å². The molecular weight excluding hydrogens is 688 g/mol. The maximum atomic E-state index is 13.5. The third-order valence-electron chi connectivity index (χ3n) is 17.4. The van der Waals surface area contributed by atoms with Gasteiger partial charge in [-0.2, -0.15) is 0 Å².